The van der Waals surface area contributed by atoms with E-state index in [0.717, 1.165) is 0 Å². The summed E-state index contributed by atoms with van der Waals surface area (Å²) in [7, 11) is 1.71. The molecule has 0 spiro atoms. The van der Waals surface area contributed by atoms with Crippen LogP contribution in [0.25, 0.3) is 0 Å². The molecule has 0 saturated carbocycles. The summed E-state index contributed by atoms with van der Waals surface area (Å²) in [6.07, 6.45) is 1.49. The summed E-state index contributed by atoms with van der Waals surface area (Å²) in [5, 5.41) is 18.9. The minimum absolute atomic E-state index is 0.0989. The van der Waals surface area contributed by atoms with E-state index in [1.807, 2.05) is 0 Å². The fraction of sp³-hybridized carbons (Fsp3) is 0.231. The lowest BCUT2D eigenvalue weighted by atomic mass is 10.1. The van der Waals surface area contributed by atoms with Gasteiger partial charge < -0.3 is 15.1 Å². The van der Waals surface area contributed by atoms with E-state index >= 15 is 0 Å². The number of carbonyl (C=O) groups is 1. The van der Waals surface area contributed by atoms with Crippen molar-refractivity contribution in [1.82, 2.24) is 4.90 Å². The predicted octanol–water partition coefficient (Wildman–Crippen LogP) is 1.10. The molecule has 1 aliphatic rings. The molecule has 1 aromatic carbocycles. The smallest absolute Gasteiger partial charge is 0.352 e. The highest BCUT2D eigenvalue weighted by Crippen LogP contribution is 2.19. The Morgan fingerprint density at radius 2 is 2.11 bits per heavy atom. The van der Waals surface area contributed by atoms with Gasteiger partial charge in [0, 0.05) is 19.2 Å². The number of hydrogen-bond donors (Lipinski definition) is 2. The van der Waals surface area contributed by atoms with Gasteiger partial charge in [0.05, 0.1) is 12.3 Å². The highest BCUT2D eigenvalue weighted by atomic mass is 16.4. The van der Waals surface area contributed by atoms with Crippen LogP contribution in [0.15, 0.2) is 41.0 Å². The lowest BCUT2D eigenvalue weighted by Gasteiger charge is -2.16. The number of hydrogen-bond acceptors (Lipinski definition) is 4. The number of carboxylic acid groups (broad SMARTS) is 1. The summed E-state index contributed by atoms with van der Waals surface area (Å²) >= 11 is 0. The van der Waals surface area contributed by atoms with Crippen molar-refractivity contribution in [3.05, 3.63) is 41.6 Å². The van der Waals surface area contributed by atoms with Crippen LogP contribution in [-0.4, -0.2) is 46.9 Å². The molecule has 0 amide bonds. The van der Waals surface area contributed by atoms with Crippen LogP contribution < -0.4 is 0 Å². The van der Waals surface area contributed by atoms with Crippen molar-refractivity contribution in [2.75, 3.05) is 20.1 Å². The number of aliphatic imine (C=N–C) groups is 1. The first-order valence-electron chi connectivity index (χ1n) is 5.58. The molecular formula is C13H14N2O3. The first kappa shape index (κ1) is 12.2. The number of allylic oxidation sites excluding steroid dienone is 1. The second kappa shape index (κ2) is 4.91. The Bertz CT molecular complexity index is 535. The SMILES string of the molecule is CN1CCN=C(c2ccccc2O)C=C1C(=O)O. The molecule has 0 aliphatic carbocycles. The molecule has 2 rings (SSSR count). The largest absolute Gasteiger partial charge is 0.507 e. The fourth-order valence-corrected chi connectivity index (χ4v) is 1.80. The summed E-state index contributed by atoms with van der Waals surface area (Å²) in [5.41, 5.74) is 1.22. The van der Waals surface area contributed by atoms with Crippen molar-refractivity contribution in [3.63, 3.8) is 0 Å². The second-order valence-corrected chi connectivity index (χ2v) is 4.04. The van der Waals surface area contributed by atoms with Gasteiger partial charge in [0.15, 0.2) is 0 Å². The number of aromatic hydroxyl groups is 1. The van der Waals surface area contributed by atoms with Crippen LogP contribution >= 0.6 is 0 Å². The zero-order chi connectivity index (χ0) is 13.1. The van der Waals surface area contributed by atoms with E-state index in [9.17, 15) is 9.90 Å². The van der Waals surface area contributed by atoms with Gasteiger partial charge in [0.1, 0.15) is 11.4 Å². The van der Waals surface area contributed by atoms with Gasteiger partial charge in [-0.15, -0.1) is 0 Å². The Kier molecular flexibility index (Phi) is 3.32. The minimum Gasteiger partial charge on any atom is -0.507 e. The van der Waals surface area contributed by atoms with Crippen LogP contribution in [-0.2, 0) is 4.79 Å². The van der Waals surface area contributed by atoms with Gasteiger partial charge in [-0.25, -0.2) is 4.79 Å². The maximum Gasteiger partial charge on any atom is 0.352 e. The lowest BCUT2D eigenvalue weighted by Crippen LogP contribution is -2.25. The third kappa shape index (κ3) is 2.34. The van der Waals surface area contributed by atoms with Gasteiger partial charge in [-0.1, -0.05) is 12.1 Å². The molecule has 0 unspecified atom stereocenters. The van der Waals surface area contributed by atoms with Crippen LogP contribution in [0.5, 0.6) is 5.75 Å². The fourth-order valence-electron chi connectivity index (χ4n) is 1.80. The molecule has 0 bridgehead atoms. The first-order valence-corrected chi connectivity index (χ1v) is 5.58. The zero-order valence-electron chi connectivity index (χ0n) is 10.00. The first-order chi connectivity index (χ1) is 8.59. The van der Waals surface area contributed by atoms with Crippen LogP contribution in [0.4, 0.5) is 0 Å². The molecule has 1 heterocycles. The van der Waals surface area contributed by atoms with E-state index in [1.54, 1.807) is 36.2 Å². The van der Waals surface area contributed by atoms with Crippen molar-refractivity contribution in [3.8, 4) is 5.75 Å². The molecule has 0 fully saturated rings. The predicted molar refractivity (Wildman–Crippen MR) is 67.9 cm³/mol. The molecule has 0 atom stereocenters. The van der Waals surface area contributed by atoms with Crippen molar-refractivity contribution in [2.45, 2.75) is 0 Å². The van der Waals surface area contributed by atoms with Gasteiger partial charge in [-0.3, -0.25) is 4.99 Å². The van der Waals surface area contributed by atoms with Crippen LogP contribution in [0, 0.1) is 0 Å². The number of rotatable bonds is 2. The van der Waals surface area contributed by atoms with Crippen molar-refractivity contribution >= 4 is 11.7 Å². The average Bonchev–Trinajstić information content (AvgIpc) is 2.52. The molecule has 18 heavy (non-hydrogen) atoms. The summed E-state index contributed by atoms with van der Waals surface area (Å²) in [6, 6.07) is 6.76. The van der Waals surface area contributed by atoms with E-state index in [-0.39, 0.29) is 11.4 Å². The molecule has 94 valence electrons. The van der Waals surface area contributed by atoms with E-state index < -0.39 is 5.97 Å². The number of likely N-dealkylation sites (N-methyl/N-ethyl adjacent to an activating group) is 1. The van der Waals surface area contributed by atoms with Gasteiger partial charge in [-0.2, -0.15) is 0 Å². The third-order valence-electron chi connectivity index (χ3n) is 2.80. The molecule has 2 N–H and O–H groups in total. The highest BCUT2D eigenvalue weighted by Gasteiger charge is 2.18. The number of nitrogens with zero attached hydrogens (tertiary/aromatic N) is 2. The number of benzene rings is 1. The monoisotopic (exact) mass is 246 g/mol. The average molecular weight is 246 g/mol. The molecule has 1 aliphatic heterocycles. The number of aliphatic carboxylic acids is 1. The van der Waals surface area contributed by atoms with E-state index in [0.29, 0.717) is 24.4 Å². The summed E-state index contributed by atoms with van der Waals surface area (Å²) in [4.78, 5) is 17.1. The molecular weight excluding hydrogens is 232 g/mol. The molecule has 0 radical (unpaired) electrons. The third-order valence-corrected chi connectivity index (χ3v) is 2.80. The maximum absolute atomic E-state index is 11.2. The van der Waals surface area contributed by atoms with Crippen molar-refractivity contribution in [1.29, 1.82) is 0 Å². The van der Waals surface area contributed by atoms with E-state index in [2.05, 4.69) is 4.99 Å². The second-order valence-electron chi connectivity index (χ2n) is 4.04. The Labute approximate surface area is 105 Å². The minimum atomic E-state index is -0.998. The number of phenols is 1. The van der Waals surface area contributed by atoms with Crippen LogP contribution in [0.1, 0.15) is 5.56 Å². The molecule has 5 nitrogen and oxygen atoms in total. The Balaban J connectivity index is 2.47. The molecule has 5 heteroatoms. The molecule has 0 aromatic heterocycles. The topological polar surface area (TPSA) is 73.1 Å². The Hall–Kier alpha value is -2.30. The summed E-state index contributed by atoms with van der Waals surface area (Å²) in [5.74, 6) is -0.899. The molecule has 0 saturated heterocycles. The standard InChI is InChI=1S/C13H14N2O3/c1-15-7-6-14-10(8-11(15)13(17)18)9-4-2-3-5-12(9)16/h2-5,8,16H,6-7H2,1H3,(H,17,18). The molecule has 1 aromatic rings. The van der Waals surface area contributed by atoms with Gasteiger partial charge in [0.25, 0.3) is 0 Å². The Morgan fingerprint density at radius 1 is 1.39 bits per heavy atom. The number of para-hydroxylation sites is 1. The quantitative estimate of drug-likeness (QED) is 0.819. The normalized spacial score (nSPS) is 15.7. The van der Waals surface area contributed by atoms with Gasteiger partial charge >= 0.3 is 5.97 Å². The van der Waals surface area contributed by atoms with Crippen molar-refractivity contribution in [2.24, 2.45) is 4.99 Å². The summed E-state index contributed by atoms with van der Waals surface area (Å²) in [6.45, 7) is 1.03. The van der Waals surface area contributed by atoms with Crippen molar-refractivity contribution < 1.29 is 15.0 Å². The summed E-state index contributed by atoms with van der Waals surface area (Å²) < 4.78 is 0. The highest BCUT2D eigenvalue weighted by molar-refractivity contribution is 6.13. The Morgan fingerprint density at radius 3 is 2.78 bits per heavy atom. The van der Waals surface area contributed by atoms with Crippen LogP contribution in [0.2, 0.25) is 0 Å². The number of carboxylic acids is 1. The van der Waals surface area contributed by atoms with E-state index in [4.69, 9.17) is 5.11 Å². The zero-order valence-corrected chi connectivity index (χ0v) is 10.00. The van der Waals surface area contributed by atoms with Gasteiger partial charge in [0.2, 0.25) is 0 Å². The van der Waals surface area contributed by atoms with E-state index in [1.165, 1.54) is 6.08 Å². The maximum atomic E-state index is 11.2. The number of phenolic OH excluding ortho intramolecular Hbond substituents is 1. The lowest BCUT2D eigenvalue weighted by molar-refractivity contribution is -0.134. The van der Waals surface area contributed by atoms with Gasteiger partial charge in [-0.05, 0) is 18.2 Å². The van der Waals surface area contributed by atoms with Crippen LogP contribution in [0.3, 0.4) is 0 Å².